The standard InChI is InChI=1S/C12H18N4O3/c1-9-3-4-11(16(17)18)12(14-9)15-5-6-19-10(8-15)7-13-2/h3-4,10,13H,5-8H2,1-2H3. The van der Waals surface area contributed by atoms with E-state index in [1.807, 2.05) is 18.9 Å². The lowest BCUT2D eigenvalue weighted by Crippen LogP contribution is -2.46. The van der Waals surface area contributed by atoms with Crippen LogP contribution in [0.4, 0.5) is 11.5 Å². The van der Waals surface area contributed by atoms with Crippen molar-refractivity contribution < 1.29 is 9.66 Å². The van der Waals surface area contributed by atoms with Crippen LogP contribution in [0.25, 0.3) is 0 Å². The van der Waals surface area contributed by atoms with Gasteiger partial charge in [-0.1, -0.05) is 0 Å². The molecule has 104 valence electrons. The third-order valence-corrected chi connectivity index (χ3v) is 3.06. The Morgan fingerprint density at radius 3 is 3.11 bits per heavy atom. The molecule has 1 fully saturated rings. The smallest absolute Gasteiger partial charge is 0.311 e. The number of aryl methyl sites for hydroxylation is 1. The minimum Gasteiger partial charge on any atom is -0.373 e. The monoisotopic (exact) mass is 266 g/mol. The van der Waals surface area contributed by atoms with Crippen molar-refractivity contribution in [2.45, 2.75) is 13.0 Å². The number of likely N-dealkylation sites (N-methyl/N-ethyl adjacent to an activating group) is 1. The number of aromatic nitrogens is 1. The van der Waals surface area contributed by atoms with E-state index in [9.17, 15) is 10.1 Å². The van der Waals surface area contributed by atoms with E-state index >= 15 is 0 Å². The zero-order chi connectivity index (χ0) is 13.8. The number of pyridine rings is 1. The maximum Gasteiger partial charge on any atom is 0.311 e. The number of morpholine rings is 1. The van der Waals surface area contributed by atoms with Crippen LogP contribution in [0.3, 0.4) is 0 Å². The molecular formula is C12H18N4O3. The van der Waals surface area contributed by atoms with Gasteiger partial charge in [0.15, 0.2) is 0 Å². The van der Waals surface area contributed by atoms with E-state index in [2.05, 4.69) is 10.3 Å². The van der Waals surface area contributed by atoms with Gasteiger partial charge in [-0.05, 0) is 20.0 Å². The van der Waals surface area contributed by atoms with Gasteiger partial charge >= 0.3 is 5.69 Å². The topological polar surface area (TPSA) is 80.5 Å². The molecule has 1 aliphatic heterocycles. The molecule has 1 saturated heterocycles. The number of anilines is 1. The van der Waals surface area contributed by atoms with Crippen LogP contribution in [-0.2, 0) is 4.74 Å². The summed E-state index contributed by atoms with van der Waals surface area (Å²) in [4.78, 5) is 16.9. The van der Waals surface area contributed by atoms with Gasteiger partial charge in [-0.15, -0.1) is 0 Å². The first kappa shape index (κ1) is 13.7. The van der Waals surface area contributed by atoms with Crippen molar-refractivity contribution >= 4 is 11.5 Å². The molecule has 0 spiro atoms. The lowest BCUT2D eigenvalue weighted by atomic mass is 10.2. The van der Waals surface area contributed by atoms with Crippen LogP contribution in [0.15, 0.2) is 12.1 Å². The summed E-state index contributed by atoms with van der Waals surface area (Å²) < 4.78 is 5.60. The van der Waals surface area contributed by atoms with Crippen molar-refractivity contribution in [2.75, 3.05) is 38.2 Å². The summed E-state index contributed by atoms with van der Waals surface area (Å²) in [6, 6.07) is 3.17. The fraction of sp³-hybridized carbons (Fsp3) is 0.583. The van der Waals surface area contributed by atoms with Crippen LogP contribution < -0.4 is 10.2 Å². The number of rotatable bonds is 4. The molecule has 7 nitrogen and oxygen atoms in total. The summed E-state index contributed by atoms with van der Waals surface area (Å²) in [5.74, 6) is 0.439. The fourth-order valence-electron chi connectivity index (χ4n) is 2.17. The highest BCUT2D eigenvalue weighted by atomic mass is 16.6. The van der Waals surface area contributed by atoms with Crippen LogP contribution >= 0.6 is 0 Å². The Balaban J connectivity index is 2.24. The van der Waals surface area contributed by atoms with Crippen LogP contribution in [0.1, 0.15) is 5.69 Å². The molecule has 0 aromatic carbocycles. The van der Waals surface area contributed by atoms with Crippen molar-refractivity contribution in [3.05, 3.63) is 27.9 Å². The third kappa shape index (κ3) is 3.18. The van der Waals surface area contributed by atoms with Gasteiger partial charge in [0.25, 0.3) is 0 Å². The zero-order valence-electron chi connectivity index (χ0n) is 11.1. The van der Waals surface area contributed by atoms with Crippen LogP contribution in [0, 0.1) is 17.0 Å². The van der Waals surface area contributed by atoms with Crippen LogP contribution in [0.5, 0.6) is 0 Å². The molecule has 7 heteroatoms. The van der Waals surface area contributed by atoms with E-state index in [1.54, 1.807) is 6.07 Å². The summed E-state index contributed by atoms with van der Waals surface area (Å²) in [5, 5.41) is 14.1. The first-order valence-corrected chi connectivity index (χ1v) is 6.25. The zero-order valence-corrected chi connectivity index (χ0v) is 11.1. The molecule has 1 aromatic heterocycles. The molecule has 2 heterocycles. The summed E-state index contributed by atoms with van der Waals surface area (Å²) >= 11 is 0. The summed E-state index contributed by atoms with van der Waals surface area (Å²) in [5.41, 5.74) is 0.827. The highest BCUT2D eigenvalue weighted by Gasteiger charge is 2.26. The van der Waals surface area contributed by atoms with Gasteiger partial charge in [-0.2, -0.15) is 0 Å². The Bertz CT molecular complexity index is 464. The maximum absolute atomic E-state index is 11.1. The lowest BCUT2D eigenvalue weighted by Gasteiger charge is -2.33. The predicted molar refractivity (Wildman–Crippen MR) is 71.5 cm³/mol. The molecular weight excluding hydrogens is 248 g/mol. The highest BCUT2D eigenvalue weighted by molar-refractivity contribution is 5.58. The minimum atomic E-state index is -0.385. The van der Waals surface area contributed by atoms with Crippen molar-refractivity contribution in [3.8, 4) is 0 Å². The van der Waals surface area contributed by atoms with Gasteiger partial charge in [0, 0.05) is 31.4 Å². The highest BCUT2D eigenvalue weighted by Crippen LogP contribution is 2.27. The minimum absolute atomic E-state index is 0.0284. The number of ether oxygens (including phenoxy) is 1. The van der Waals surface area contributed by atoms with Crippen molar-refractivity contribution in [3.63, 3.8) is 0 Å². The van der Waals surface area contributed by atoms with Crippen LogP contribution in [0.2, 0.25) is 0 Å². The number of hydrogen-bond acceptors (Lipinski definition) is 6. The van der Waals surface area contributed by atoms with Gasteiger partial charge in [-0.3, -0.25) is 10.1 Å². The summed E-state index contributed by atoms with van der Waals surface area (Å²) in [7, 11) is 1.86. The van der Waals surface area contributed by atoms with E-state index in [4.69, 9.17) is 4.74 Å². The van der Waals surface area contributed by atoms with Crippen LogP contribution in [-0.4, -0.2) is 49.3 Å². The molecule has 0 bridgehead atoms. The van der Waals surface area contributed by atoms with Gasteiger partial charge < -0.3 is 15.0 Å². The molecule has 1 atom stereocenters. The molecule has 1 aromatic rings. The average Bonchev–Trinajstić information content (AvgIpc) is 2.39. The first-order valence-electron chi connectivity index (χ1n) is 6.25. The Morgan fingerprint density at radius 1 is 1.63 bits per heavy atom. The summed E-state index contributed by atoms with van der Waals surface area (Å²) in [6.07, 6.45) is 0.0284. The third-order valence-electron chi connectivity index (χ3n) is 3.06. The van der Waals surface area contributed by atoms with Gasteiger partial charge in [0.05, 0.1) is 17.6 Å². The molecule has 1 unspecified atom stereocenters. The van der Waals surface area contributed by atoms with Gasteiger partial charge in [-0.25, -0.2) is 4.98 Å². The second kappa shape index (κ2) is 5.94. The Morgan fingerprint density at radius 2 is 2.42 bits per heavy atom. The van der Waals surface area contributed by atoms with E-state index < -0.39 is 0 Å². The Kier molecular flexibility index (Phi) is 4.28. The molecule has 2 rings (SSSR count). The summed E-state index contributed by atoms with van der Waals surface area (Å²) in [6.45, 7) is 4.34. The molecule has 0 amide bonds. The predicted octanol–water partition coefficient (Wildman–Crippen LogP) is 0.723. The van der Waals surface area contributed by atoms with Crippen molar-refractivity contribution in [1.29, 1.82) is 0 Å². The fourth-order valence-corrected chi connectivity index (χ4v) is 2.17. The molecule has 1 N–H and O–H groups in total. The quantitative estimate of drug-likeness (QED) is 0.639. The van der Waals surface area contributed by atoms with E-state index in [0.29, 0.717) is 25.5 Å². The SMILES string of the molecule is CNCC1CN(c2nc(C)ccc2[N+](=O)[O-])CCO1. The van der Waals surface area contributed by atoms with Gasteiger partial charge in [0.1, 0.15) is 0 Å². The molecule has 0 aliphatic carbocycles. The largest absolute Gasteiger partial charge is 0.373 e. The molecule has 0 saturated carbocycles. The van der Waals surface area contributed by atoms with E-state index in [-0.39, 0.29) is 16.7 Å². The number of hydrogen-bond donors (Lipinski definition) is 1. The van der Waals surface area contributed by atoms with Crippen molar-refractivity contribution in [2.24, 2.45) is 0 Å². The van der Waals surface area contributed by atoms with E-state index in [0.717, 1.165) is 12.2 Å². The number of nitrogens with one attached hydrogen (secondary N) is 1. The number of nitrogens with zero attached hydrogens (tertiary/aromatic N) is 3. The molecule has 19 heavy (non-hydrogen) atoms. The lowest BCUT2D eigenvalue weighted by molar-refractivity contribution is -0.384. The molecule has 1 aliphatic rings. The molecule has 0 radical (unpaired) electrons. The van der Waals surface area contributed by atoms with Gasteiger partial charge in [0.2, 0.25) is 5.82 Å². The number of nitro groups is 1. The average molecular weight is 266 g/mol. The Labute approximate surface area is 111 Å². The van der Waals surface area contributed by atoms with Crippen molar-refractivity contribution in [1.82, 2.24) is 10.3 Å². The second-order valence-electron chi connectivity index (χ2n) is 4.55. The Hall–Kier alpha value is -1.73. The maximum atomic E-state index is 11.1. The van der Waals surface area contributed by atoms with E-state index in [1.165, 1.54) is 6.07 Å². The first-order chi connectivity index (χ1) is 9.11. The normalized spacial score (nSPS) is 19.5. The second-order valence-corrected chi connectivity index (χ2v) is 4.55.